The average Bonchev–Trinajstić information content (AvgIpc) is 3.35. The third-order valence-electron chi connectivity index (χ3n) is 5.55. The number of alkyl halides is 3. The summed E-state index contributed by atoms with van der Waals surface area (Å²) in [4.78, 5) is 19.4. The fraction of sp³-hybridized carbons (Fsp3) is 0.348. The molecule has 2 aromatic heterocycles. The van der Waals surface area contributed by atoms with E-state index in [0.717, 1.165) is 46.1 Å². The lowest BCUT2D eigenvalue weighted by atomic mass is 10.0. The number of rotatable bonds is 4. The number of aromatic nitrogens is 3. The molecule has 31 heavy (non-hydrogen) atoms. The van der Waals surface area contributed by atoms with Crippen molar-refractivity contribution >= 4 is 5.91 Å². The van der Waals surface area contributed by atoms with Crippen molar-refractivity contribution in [3.05, 3.63) is 71.3 Å². The van der Waals surface area contributed by atoms with Gasteiger partial charge in [-0.1, -0.05) is 30.3 Å². The molecule has 0 aliphatic carbocycles. The Labute approximate surface area is 178 Å². The molecule has 1 aliphatic rings. The zero-order valence-corrected chi connectivity index (χ0v) is 17.4. The van der Waals surface area contributed by atoms with E-state index in [0.29, 0.717) is 12.2 Å². The van der Waals surface area contributed by atoms with E-state index in [9.17, 15) is 18.0 Å². The van der Waals surface area contributed by atoms with E-state index in [1.165, 1.54) is 6.92 Å². The van der Waals surface area contributed by atoms with Crippen molar-refractivity contribution in [3.8, 4) is 11.1 Å². The molecule has 1 aliphatic heterocycles. The largest absolute Gasteiger partial charge is 0.435 e. The number of hydrogen-bond acceptors (Lipinski definition) is 3. The molecule has 162 valence electrons. The number of carbonyl (C=O) groups is 1. The first kappa shape index (κ1) is 21.1. The molecule has 1 unspecified atom stereocenters. The van der Waals surface area contributed by atoms with Gasteiger partial charge in [0.1, 0.15) is 6.54 Å². The maximum Gasteiger partial charge on any atom is 0.435 e. The summed E-state index contributed by atoms with van der Waals surface area (Å²) < 4.78 is 39.9. The van der Waals surface area contributed by atoms with E-state index in [-0.39, 0.29) is 18.5 Å². The molecule has 3 heterocycles. The van der Waals surface area contributed by atoms with Crippen molar-refractivity contribution in [2.45, 2.75) is 45.5 Å². The first-order valence-electron chi connectivity index (χ1n) is 10.2. The van der Waals surface area contributed by atoms with Crippen LogP contribution in [0.15, 0.2) is 48.5 Å². The topological polar surface area (TPSA) is 51.0 Å². The van der Waals surface area contributed by atoms with Gasteiger partial charge in [-0.2, -0.15) is 18.3 Å². The van der Waals surface area contributed by atoms with Crippen LogP contribution in [0.1, 0.15) is 41.7 Å². The highest BCUT2D eigenvalue weighted by atomic mass is 19.4. The average molecular weight is 428 g/mol. The highest BCUT2D eigenvalue weighted by Gasteiger charge is 2.36. The van der Waals surface area contributed by atoms with Gasteiger partial charge in [0.15, 0.2) is 5.69 Å². The monoisotopic (exact) mass is 428 g/mol. The van der Waals surface area contributed by atoms with Gasteiger partial charge in [0.2, 0.25) is 5.91 Å². The quantitative estimate of drug-likeness (QED) is 0.591. The van der Waals surface area contributed by atoms with Crippen molar-refractivity contribution < 1.29 is 18.0 Å². The molecule has 1 aromatic carbocycles. The predicted molar refractivity (Wildman–Crippen MR) is 110 cm³/mol. The van der Waals surface area contributed by atoms with Crippen LogP contribution in [0, 0.1) is 13.8 Å². The highest BCUT2D eigenvalue weighted by molar-refractivity contribution is 5.77. The lowest BCUT2D eigenvalue weighted by Gasteiger charge is -2.25. The molecule has 0 radical (unpaired) electrons. The lowest BCUT2D eigenvalue weighted by Crippen LogP contribution is -2.34. The van der Waals surface area contributed by atoms with Gasteiger partial charge in [-0.05, 0) is 56.0 Å². The van der Waals surface area contributed by atoms with Gasteiger partial charge in [0.25, 0.3) is 0 Å². The first-order chi connectivity index (χ1) is 14.7. The number of halogens is 3. The Morgan fingerprint density at radius 3 is 2.52 bits per heavy atom. The number of carbonyl (C=O) groups excluding carboxylic acids is 1. The Balaban J connectivity index is 1.58. The van der Waals surface area contributed by atoms with Crippen molar-refractivity contribution in [1.29, 1.82) is 0 Å². The van der Waals surface area contributed by atoms with Crippen LogP contribution in [0.25, 0.3) is 11.1 Å². The van der Waals surface area contributed by atoms with E-state index in [4.69, 9.17) is 0 Å². The summed E-state index contributed by atoms with van der Waals surface area (Å²) in [5.74, 6) is -0.257. The van der Waals surface area contributed by atoms with Gasteiger partial charge in [-0.15, -0.1) is 0 Å². The van der Waals surface area contributed by atoms with Gasteiger partial charge in [0, 0.05) is 17.9 Å². The Morgan fingerprint density at radius 2 is 1.84 bits per heavy atom. The Kier molecular flexibility index (Phi) is 5.56. The minimum Gasteiger partial charge on any atom is -0.332 e. The fourth-order valence-electron chi connectivity index (χ4n) is 4.06. The van der Waals surface area contributed by atoms with Crippen molar-refractivity contribution in [2.75, 3.05) is 6.54 Å². The molecule has 0 spiro atoms. The van der Waals surface area contributed by atoms with Crippen LogP contribution in [-0.4, -0.2) is 32.1 Å². The molecule has 0 N–H and O–H groups in total. The van der Waals surface area contributed by atoms with Crippen molar-refractivity contribution in [3.63, 3.8) is 0 Å². The molecule has 0 bridgehead atoms. The molecule has 3 aromatic rings. The van der Waals surface area contributed by atoms with Crippen LogP contribution in [-0.2, 0) is 17.5 Å². The summed E-state index contributed by atoms with van der Waals surface area (Å²) >= 11 is 0. The van der Waals surface area contributed by atoms with Gasteiger partial charge in [-0.25, -0.2) is 0 Å². The van der Waals surface area contributed by atoms with Crippen LogP contribution in [0.3, 0.4) is 0 Å². The van der Waals surface area contributed by atoms with Crippen LogP contribution < -0.4 is 0 Å². The maximum absolute atomic E-state index is 13.0. The number of aryl methyl sites for hydroxylation is 2. The molecule has 5 nitrogen and oxygen atoms in total. The van der Waals surface area contributed by atoms with Gasteiger partial charge >= 0.3 is 6.18 Å². The maximum atomic E-state index is 13.0. The van der Waals surface area contributed by atoms with E-state index in [1.807, 2.05) is 49.4 Å². The smallest absolute Gasteiger partial charge is 0.332 e. The second kappa shape index (κ2) is 8.17. The number of hydrogen-bond donors (Lipinski definition) is 0. The molecule has 1 saturated heterocycles. The molecule has 0 saturated carbocycles. The van der Waals surface area contributed by atoms with Crippen LogP contribution in [0.2, 0.25) is 0 Å². The molecule has 1 amide bonds. The Morgan fingerprint density at radius 1 is 1.10 bits per heavy atom. The lowest BCUT2D eigenvalue weighted by molar-refractivity contribution is -0.142. The SMILES string of the molecule is Cc1cc(-c2ccccc2)cc(C2CCCN2C(=O)Cn2nc(C(F)(F)F)cc2C)n1. The molecular formula is C23H23F3N4O. The molecular weight excluding hydrogens is 405 g/mol. The van der Waals surface area contributed by atoms with E-state index >= 15 is 0 Å². The number of nitrogens with zero attached hydrogens (tertiary/aromatic N) is 4. The van der Waals surface area contributed by atoms with E-state index < -0.39 is 11.9 Å². The summed E-state index contributed by atoms with van der Waals surface area (Å²) in [5, 5.41) is 3.59. The Bertz CT molecular complexity index is 1090. The van der Waals surface area contributed by atoms with Crippen molar-refractivity contribution in [2.24, 2.45) is 0 Å². The third kappa shape index (κ3) is 4.47. The molecule has 8 heteroatoms. The second-order valence-electron chi connectivity index (χ2n) is 7.86. The van der Waals surface area contributed by atoms with Gasteiger partial charge in [-0.3, -0.25) is 14.5 Å². The summed E-state index contributed by atoms with van der Waals surface area (Å²) in [7, 11) is 0. The molecule has 4 rings (SSSR count). The standard InChI is InChI=1S/C23H23F3N4O/c1-15-11-18(17-7-4-3-5-8-17)13-19(27-15)20-9-6-10-29(20)22(31)14-30-16(2)12-21(28-30)23(24,25)26/h3-5,7-8,11-13,20H,6,9-10,14H2,1-2H3. The van der Waals surface area contributed by atoms with Gasteiger partial charge in [0.05, 0.1) is 11.7 Å². The van der Waals surface area contributed by atoms with Crippen molar-refractivity contribution in [1.82, 2.24) is 19.7 Å². The minimum atomic E-state index is -4.53. The Hall–Kier alpha value is -3.16. The molecule has 1 fully saturated rings. The highest BCUT2D eigenvalue weighted by Crippen LogP contribution is 2.34. The summed E-state index contributed by atoms with van der Waals surface area (Å²) in [6.45, 7) is 3.76. The van der Waals surface area contributed by atoms with Crippen LogP contribution >= 0.6 is 0 Å². The zero-order chi connectivity index (χ0) is 22.2. The van der Waals surface area contributed by atoms with E-state index in [2.05, 4.69) is 10.1 Å². The fourth-order valence-corrected chi connectivity index (χ4v) is 4.06. The number of likely N-dealkylation sites (tertiary alicyclic amines) is 1. The third-order valence-corrected chi connectivity index (χ3v) is 5.55. The second-order valence-corrected chi connectivity index (χ2v) is 7.86. The zero-order valence-electron chi connectivity index (χ0n) is 17.4. The number of benzene rings is 1. The van der Waals surface area contributed by atoms with Crippen LogP contribution in [0.5, 0.6) is 0 Å². The molecule has 1 atom stereocenters. The first-order valence-corrected chi connectivity index (χ1v) is 10.2. The van der Waals surface area contributed by atoms with E-state index in [1.54, 1.807) is 4.90 Å². The summed E-state index contributed by atoms with van der Waals surface area (Å²) in [5.41, 5.74) is 3.07. The van der Waals surface area contributed by atoms with Crippen LogP contribution in [0.4, 0.5) is 13.2 Å². The summed E-state index contributed by atoms with van der Waals surface area (Å²) in [6, 6.07) is 14.7. The normalized spacial score (nSPS) is 16.7. The van der Waals surface area contributed by atoms with Gasteiger partial charge < -0.3 is 4.90 Å². The number of pyridine rings is 1. The minimum absolute atomic E-state index is 0.201. The predicted octanol–water partition coefficient (Wildman–Crippen LogP) is 4.94. The number of amides is 1. The summed E-state index contributed by atoms with van der Waals surface area (Å²) in [6.07, 6.45) is -2.95.